The van der Waals surface area contributed by atoms with Gasteiger partial charge in [0, 0.05) is 18.0 Å². The van der Waals surface area contributed by atoms with Gasteiger partial charge in [0.2, 0.25) is 0 Å². The summed E-state index contributed by atoms with van der Waals surface area (Å²) in [7, 11) is 0. The van der Waals surface area contributed by atoms with Gasteiger partial charge < -0.3 is 4.98 Å². The number of hydrogen-bond donors (Lipinski definition) is 1. The van der Waals surface area contributed by atoms with E-state index in [0.29, 0.717) is 12.1 Å². The van der Waals surface area contributed by atoms with Crippen LogP contribution in [-0.4, -0.2) is 27.4 Å². The van der Waals surface area contributed by atoms with Gasteiger partial charge in [-0.1, -0.05) is 6.08 Å². The van der Waals surface area contributed by atoms with Gasteiger partial charge in [-0.15, -0.1) is 0 Å². The van der Waals surface area contributed by atoms with Crippen molar-refractivity contribution in [2.45, 2.75) is 0 Å². The summed E-state index contributed by atoms with van der Waals surface area (Å²) < 4.78 is 1.57. The Labute approximate surface area is 84.8 Å². The quantitative estimate of drug-likeness (QED) is 0.728. The van der Waals surface area contributed by atoms with Crippen molar-refractivity contribution in [3.05, 3.63) is 40.6 Å². The van der Waals surface area contributed by atoms with Gasteiger partial charge in [-0.25, -0.2) is 4.52 Å². The lowest BCUT2D eigenvalue weighted by molar-refractivity contribution is 0.888. The largest absolute Gasteiger partial charge is 0.310 e. The van der Waals surface area contributed by atoms with Crippen molar-refractivity contribution >= 4 is 17.3 Å². The summed E-state index contributed by atoms with van der Waals surface area (Å²) in [5.74, 6) is 0. The van der Waals surface area contributed by atoms with Gasteiger partial charge in [-0.05, 0) is 11.6 Å². The van der Waals surface area contributed by atoms with Gasteiger partial charge in [0.1, 0.15) is 11.8 Å². The fourth-order valence-electron chi connectivity index (χ4n) is 1.65. The minimum atomic E-state index is -0.133. The van der Waals surface area contributed by atoms with Crippen LogP contribution in [0, 0.1) is 0 Å². The third kappa shape index (κ3) is 1.20. The van der Waals surface area contributed by atoms with E-state index in [1.165, 1.54) is 6.33 Å². The van der Waals surface area contributed by atoms with Crippen molar-refractivity contribution in [2.24, 2.45) is 4.99 Å². The van der Waals surface area contributed by atoms with Gasteiger partial charge in [-0.3, -0.25) is 9.79 Å². The van der Waals surface area contributed by atoms with Gasteiger partial charge in [-0.2, -0.15) is 5.10 Å². The molecule has 2 aromatic rings. The maximum atomic E-state index is 11.4. The molecule has 1 aliphatic heterocycles. The molecule has 0 aromatic carbocycles. The molecule has 1 aliphatic rings. The molecule has 0 bridgehead atoms. The highest BCUT2D eigenvalue weighted by molar-refractivity contribution is 6.11. The summed E-state index contributed by atoms with van der Waals surface area (Å²) in [6.07, 6.45) is 7.04. The molecule has 0 saturated carbocycles. The fourth-order valence-corrected chi connectivity index (χ4v) is 1.65. The molecule has 0 atom stereocenters. The van der Waals surface area contributed by atoms with E-state index in [2.05, 4.69) is 15.1 Å². The second-order valence-corrected chi connectivity index (χ2v) is 3.33. The van der Waals surface area contributed by atoms with Crippen molar-refractivity contribution in [3.63, 3.8) is 0 Å². The molecular formula is C10H8N4O. The summed E-state index contributed by atoms with van der Waals surface area (Å²) in [6, 6.07) is 1.81. The van der Waals surface area contributed by atoms with Crippen LogP contribution in [-0.2, 0) is 0 Å². The number of allylic oxidation sites excluding steroid dienone is 1. The molecule has 5 heteroatoms. The summed E-state index contributed by atoms with van der Waals surface area (Å²) in [5.41, 5.74) is 2.43. The van der Waals surface area contributed by atoms with Crippen LogP contribution >= 0.6 is 0 Å². The fraction of sp³-hybridized carbons (Fsp3) is 0.100. The highest BCUT2D eigenvalue weighted by Crippen LogP contribution is 2.16. The third-order valence-corrected chi connectivity index (χ3v) is 2.39. The molecule has 3 heterocycles. The molecule has 15 heavy (non-hydrogen) atoms. The van der Waals surface area contributed by atoms with Crippen LogP contribution in [0.25, 0.3) is 11.1 Å². The van der Waals surface area contributed by atoms with Crippen molar-refractivity contribution < 1.29 is 0 Å². The van der Waals surface area contributed by atoms with Crippen molar-refractivity contribution in [3.8, 4) is 0 Å². The van der Waals surface area contributed by atoms with Crippen molar-refractivity contribution in [1.29, 1.82) is 0 Å². The standard InChI is InChI=1S/C10H8N4O/c15-10-9-3-8(7-1-2-11-4-7)5-14(9)13-6-12-10/h1,3-6H,2H2,(H,12,13,15). The maximum Gasteiger partial charge on any atom is 0.275 e. The number of rotatable bonds is 1. The van der Waals surface area contributed by atoms with E-state index in [1.807, 2.05) is 24.6 Å². The highest BCUT2D eigenvalue weighted by atomic mass is 16.1. The lowest BCUT2D eigenvalue weighted by atomic mass is 10.1. The molecule has 1 N–H and O–H groups in total. The number of aromatic amines is 1. The molecule has 74 valence electrons. The zero-order valence-electron chi connectivity index (χ0n) is 7.84. The normalized spacial score (nSPS) is 14.8. The minimum absolute atomic E-state index is 0.133. The summed E-state index contributed by atoms with van der Waals surface area (Å²) in [4.78, 5) is 18.1. The molecular weight excluding hydrogens is 192 g/mol. The Kier molecular flexibility index (Phi) is 1.58. The second kappa shape index (κ2) is 2.91. The predicted octanol–water partition coefficient (Wildman–Crippen LogP) is 0.490. The molecule has 0 unspecified atom stereocenters. The SMILES string of the molecule is O=c1[nH]cnn2cc(C3=CCN=C3)cc12. The monoisotopic (exact) mass is 200 g/mol. The average Bonchev–Trinajstić information content (AvgIpc) is 2.86. The van der Waals surface area contributed by atoms with Crippen molar-refractivity contribution in [2.75, 3.05) is 6.54 Å². The van der Waals surface area contributed by atoms with E-state index >= 15 is 0 Å². The topological polar surface area (TPSA) is 62.5 Å². The van der Waals surface area contributed by atoms with Crippen LogP contribution in [0.2, 0.25) is 0 Å². The van der Waals surface area contributed by atoms with E-state index in [-0.39, 0.29) is 5.56 Å². The van der Waals surface area contributed by atoms with Crippen LogP contribution in [0.4, 0.5) is 0 Å². The van der Waals surface area contributed by atoms with Crippen LogP contribution in [0.3, 0.4) is 0 Å². The lowest BCUT2D eigenvalue weighted by Crippen LogP contribution is -2.09. The number of aromatic nitrogens is 3. The molecule has 0 amide bonds. The predicted molar refractivity (Wildman–Crippen MR) is 57.1 cm³/mol. The Morgan fingerprint density at radius 2 is 2.40 bits per heavy atom. The Bertz CT molecular complexity index is 632. The zero-order chi connectivity index (χ0) is 10.3. The number of hydrogen-bond acceptors (Lipinski definition) is 3. The van der Waals surface area contributed by atoms with E-state index in [1.54, 1.807) is 4.52 Å². The number of H-pyrrole nitrogens is 1. The Balaban J connectivity index is 2.27. The van der Waals surface area contributed by atoms with Gasteiger partial charge in [0.15, 0.2) is 0 Å². The molecule has 0 fully saturated rings. The zero-order valence-corrected chi connectivity index (χ0v) is 7.84. The van der Waals surface area contributed by atoms with Crippen LogP contribution in [0.5, 0.6) is 0 Å². The maximum absolute atomic E-state index is 11.4. The number of fused-ring (bicyclic) bond motifs is 1. The van der Waals surface area contributed by atoms with E-state index in [9.17, 15) is 4.79 Å². The molecule has 0 radical (unpaired) electrons. The van der Waals surface area contributed by atoms with Crippen LogP contribution in [0.15, 0.2) is 34.5 Å². The first-order valence-electron chi connectivity index (χ1n) is 4.61. The van der Waals surface area contributed by atoms with E-state index < -0.39 is 0 Å². The Morgan fingerprint density at radius 3 is 3.13 bits per heavy atom. The number of nitrogens with one attached hydrogen (secondary N) is 1. The first kappa shape index (κ1) is 8.16. The van der Waals surface area contributed by atoms with Gasteiger partial charge in [0.25, 0.3) is 5.56 Å². The summed E-state index contributed by atoms with van der Waals surface area (Å²) in [6.45, 7) is 0.714. The first-order chi connectivity index (χ1) is 7.34. The van der Waals surface area contributed by atoms with E-state index in [0.717, 1.165) is 11.1 Å². The number of nitrogens with zero attached hydrogens (tertiary/aromatic N) is 3. The highest BCUT2D eigenvalue weighted by Gasteiger charge is 2.08. The minimum Gasteiger partial charge on any atom is -0.310 e. The average molecular weight is 200 g/mol. The third-order valence-electron chi connectivity index (χ3n) is 2.39. The first-order valence-corrected chi connectivity index (χ1v) is 4.61. The molecule has 0 spiro atoms. The molecule has 3 rings (SSSR count). The van der Waals surface area contributed by atoms with Gasteiger partial charge in [0.05, 0.1) is 6.54 Å². The Morgan fingerprint density at radius 1 is 1.47 bits per heavy atom. The molecule has 2 aromatic heterocycles. The molecule has 0 saturated heterocycles. The van der Waals surface area contributed by atoms with Crippen LogP contribution in [0.1, 0.15) is 5.56 Å². The van der Waals surface area contributed by atoms with Crippen molar-refractivity contribution in [1.82, 2.24) is 14.6 Å². The number of aliphatic imine (C=N–C) groups is 1. The second-order valence-electron chi connectivity index (χ2n) is 3.33. The lowest BCUT2D eigenvalue weighted by Gasteiger charge is -1.89. The molecule has 0 aliphatic carbocycles. The molecule has 5 nitrogen and oxygen atoms in total. The summed E-state index contributed by atoms with van der Waals surface area (Å²) >= 11 is 0. The smallest absolute Gasteiger partial charge is 0.275 e. The summed E-state index contributed by atoms with van der Waals surface area (Å²) in [5, 5.41) is 4.02. The van der Waals surface area contributed by atoms with Gasteiger partial charge >= 0.3 is 0 Å². The Hall–Kier alpha value is -2.17. The van der Waals surface area contributed by atoms with E-state index in [4.69, 9.17) is 0 Å². The van der Waals surface area contributed by atoms with Crippen LogP contribution < -0.4 is 5.56 Å².